The molecule has 0 atom stereocenters. The van der Waals surface area contributed by atoms with Crippen LogP contribution in [0.5, 0.6) is 0 Å². The van der Waals surface area contributed by atoms with Crippen LogP contribution in [0.3, 0.4) is 0 Å². The van der Waals surface area contributed by atoms with E-state index in [0.717, 1.165) is 5.56 Å². The molecule has 0 aliphatic carbocycles. The SMILES string of the molecule is Nc1ccc(NC(=O)CCc2cccc(F)c2)nc1. The second kappa shape index (κ2) is 5.95. The smallest absolute Gasteiger partial charge is 0.225 e. The Kier molecular flexibility index (Phi) is 4.07. The van der Waals surface area contributed by atoms with E-state index in [9.17, 15) is 9.18 Å². The number of halogens is 1. The lowest BCUT2D eigenvalue weighted by atomic mass is 10.1. The fourth-order valence-electron chi connectivity index (χ4n) is 1.63. The molecule has 3 N–H and O–H groups in total. The minimum Gasteiger partial charge on any atom is -0.397 e. The Hall–Kier alpha value is -2.43. The monoisotopic (exact) mass is 259 g/mol. The lowest BCUT2D eigenvalue weighted by Gasteiger charge is -2.05. The average molecular weight is 259 g/mol. The molecule has 0 fully saturated rings. The minimum absolute atomic E-state index is 0.165. The molecule has 0 aliphatic heterocycles. The number of nitrogens with zero attached hydrogens (tertiary/aromatic N) is 1. The summed E-state index contributed by atoms with van der Waals surface area (Å²) in [6.07, 6.45) is 2.23. The van der Waals surface area contributed by atoms with Gasteiger partial charge < -0.3 is 11.1 Å². The van der Waals surface area contributed by atoms with Gasteiger partial charge in [-0.05, 0) is 36.2 Å². The molecule has 0 saturated carbocycles. The molecule has 5 heteroatoms. The lowest BCUT2D eigenvalue weighted by Crippen LogP contribution is -2.13. The van der Waals surface area contributed by atoms with Crippen molar-refractivity contribution in [2.24, 2.45) is 0 Å². The summed E-state index contributed by atoms with van der Waals surface area (Å²) in [5.41, 5.74) is 6.83. The summed E-state index contributed by atoms with van der Waals surface area (Å²) < 4.78 is 13.0. The van der Waals surface area contributed by atoms with E-state index >= 15 is 0 Å². The zero-order chi connectivity index (χ0) is 13.7. The number of rotatable bonds is 4. The van der Waals surface area contributed by atoms with Crippen molar-refractivity contribution >= 4 is 17.4 Å². The Bertz CT molecular complexity index is 569. The maximum absolute atomic E-state index is 13.0. The number of hydrogen-bond donors (Lipinski definition) is 2. The lowest BCUT2D eigenvalue weighted by molar-refractivity contribution is -0.116. The van der Waals surface area contributed by atoms with Gasteiger partial charge in [0.25, 0.3) is 0 Å². The van der Waals surface area contributed by atoms with Gasteiger partial charge in [0.15, 0.2) is 0 Å². The van der Waals surface area contributed by atoms with E-state index in [1.807, 2.05) is 0 Å². The Morgan fingerprint density at radius 3 is 2.84 bits per heavy atom. The predicted octanol–water partition coefficient (Wildman–Crippen LogP) is 2.37. The van der Waals surface area contributed by atoms with Gasteiger partial charge in [0.1, 0.15) is 11.6 Å². The van der Waals surface area contributed by atoms with Crippen molar-refractivity contribution in [3.63, 3.8) is 0 Å². The van der Waals surface area contributed by atoms with Crippen molar-refractivity contribution in [2.75, 3.05) is 11.1 Å². The molecule has 1 aromatic carbocycles. The van der Waals surface area contributed by atoms with Crippen LogP contribution in [0.4, 0.5) is 15.9 Å². The van der Waals surface area contributed by atoms with Crippen LogP contribution in [0.2, 0.25) is 0 Å². The molecule has 0 bridgehead atoms. The number of pyridine rings is 1. The summed E-state index contributed by atoms with van der Waals surface area (Å²) in [6, 6.07) is 9.52. The topological polar surface area (TPSA) is 68.0 Å². The predicted molar refractivity (Wildman–Crippen MR) is 72.0 cm³/mol. The number of carbonyl (C=O) groups is 1. The van der Waals surface area contributed by atoms with Crippen molar-refractivity contribution in [1.29, 1.82) is 0 Å². The maximum Gasteiger partial charge on any atom is 0.225 e. The van der Waals surface area contributed by atoms with Gasteiger partial charge in [-0.1, -0.05) is 12.1 Å². The van der Waals surface area contributed by atoms with E-state index in [-0.39, 0.29) is 18.1 Å². The Balaban J connectivity index is 1.86. The first-order chi connectivity index (χ1) is 9.13. The van der Waals surface area contributed by atoms with E-state index in [1.54, 1.807) is 24.3 Å². The van der Waals surface area contributed by atoms with Crippen LogP contribution < -0.4 is 11.1 Å². The summed E-state index contributed by atoms with van der Waals surface area (Å²) >= 11 is 0. The van der Waals surface area contributed by atoms with Crippen molar-refractivity contribution in [2.45, 2.75) is 12.8 Å². The Morgan fingerprint density at radius 1 is 1.32 bits per heavy atom. The summed E-state index contributed by atoms with van der Waals surface area (Å²) in [5, 5.41) is 2.65. The molecule has 98 valence electrons. The summed E-state index contributed by atoms with van der Waals surface area (Å²) in [6.45, 7) is 0. The third kappa shape index (κ3) is 4.06. The van der Waals surface area contributed by atoms with Gasteiger partial charge in [0.2, 0.25) is 5.91 Å². The number of aromatic nitrogens is 1. The van der Waals surface area contributed by atoms with Crippen molar-refractivity contribution in [1.82, 2.24) is 4.98 Å². The Labute approximate surface area is 110 Å². The summed E-state index contributed by atoms with van der Waals surface area (Å²) in [7, 11) is 0. The molecule has 0 saturated heterocycles. The number of amides is 1. The molecule has 4 nitrogen and oxygen atoms in total. The zero-order valence-electron chi connectivity index (χ0n) is 10.3. The van der Waals surface area contributed by atoms with Crippen molar-refractivity contribution in [3.05, 3.63) is 54.0 Å². The first kappa shape index (κ1) is 13.0. The number of hydrogen-bond acceptors (Lipinski definition) is 3. The second-order valence-electron chi connectivity index (χ2n) is 4.15. The van der Waals surface area contributed by atoms with E-state index in [1.165, 1.54) is 18.3 Å². The maximum atomic E-state index is 13.0. The molecule has 0 aliphatic rings. The minimum atomic E-state index is -0.293. The van der Waals surface area contributed by atoms with Crippen LogP contribution in [0.25, 0.3) is 0 Å². The highest BCUT2D eigenvalue weighted by Crippen LogP contribution is 2.09. The normalized spacial score (nSPS) is 10.2. The third-order valence-corrected chi connectivity index (χ3v) is 2.58. The molecule has 19 heavy (non-hydrogen) atoms. The van der Waals surface area contributed by atoms with E-state index in [4.69, 9.17) is 5.73 Å². The average Bonchev–Trinajstić information content (AvgIpc) is 2.39. The van der Waals surface area contributed by atoms with Gasteiger partial charge in [-0.25, -0.2) is 9.37 Å². The molecule has 1 aromatic heterocycles. The first-order valence-electron chi connectivity index (χ1n) is 5.89. The van der Waals surface area contributed by atoms with E-state index in [2.05, 4.69) is 10.3 Å². The van der Waals surface area contributed by atoms with Crippen LogP contribution in [0.1, 0.15) is 12.0 Å². The van der Waals surface area contributed by atoms with E-state index < -0.39 is 0 Å². The highest BCUT2D eigenvalue weighted by molar-refractivity contribution is 5.89. The second-order valence-corrected chi connectivity index (χ2v) is 4.15. The van der Waals surface area contributed by atoms with Crippen LogP contribution in [-0.4, -0.2) is 10.9 Å². The van der Waals surface area contributed by atoms with Crippen molar-refractivity contribution < 1.29 is 9.18 Å². The van der Waals surface area contributed by atoms with Crippen LogP contribution in [0, 0.1) is 5.82 Å². The van der Waals surface area contributed by atoms with Gasteiger partial charge in [-0.2, -0.15) is 0 Å². The van der Waals surface area contributed by atoms with Gasteiger partial charge in [-0.3, -0.25) is 4.79 Å². The van der Waals surface area contributed by atoms with Crippen LogP contribution in [-0.2, 0) is 11.2 Å². The fraction of sp³-hybridized carbons (Fsp3) is 0.143. The third-order valence-electron chi connectivity index (χ3n) is 2.58. The van der Waals surface area contributed by atoms with Gasteiger partial charge in [0, 0.05) is 6.42 Å². The van der Waals surface area contributed by atoms with Crippen LogP contribution in [0.15, 0.2) is 42.6 Å². The highest BCUT2D eigenvalue weighted by atomic mass is 19.1. The number of benzene rings is 1. The number of aryl methyl sites for hydroxylation is 1. The Morgan fingerprint density at radius 2 is 2.16 bits per heavy atom. The fourth-order valence-corrected chi connectivity index (χ4v) is 1.63. The summed E-state index contributed by atoms with van der Waals surface area (Å²) in [4.78, 5) is 15.6. The summed E-state index contributed by atoms with van der Waals surface area (Å²) in [5.74, 6) is -0.00177. The molecule has 0 unspecified atom stereocenters. The number of nitrogen functional groups attached to an aromatic ring is 1. The molecular formula is C14H14FN3O. The van der Waals surface area contributed by atoms with Crippen molar-refractivity contribution in [3.8, 4) is 0 Å². The molecular weight excluding hydrogens is 245 g/mol. The molecule has 1 heterocycles. The zero-order valence-corrected chi connectivity index (χ0v) is 10.3. The highest BCUT2D eigenvalue weighted by Gasteiger charge is 2.04. The first-order valence-corrected chi connectivity index (χ1v) is 5.89. The molecule has 2 aromatic rings. The molecule has 2 rings (SSSR count). The van der Waals surface area contributed by atoms with Gasteiger partial charge in [0.05, 0.1) is 11.9 Å². The largest absolute Gasteiger partial charge is 0.397 e. The molecule has 0 spiro atoms. The molecule has 1 amide bonds. The van der Waals surface area contributed by atoms with Crippen LogP contribution >= 0.6 is 0 Å². The number of nitrogens with two attached hydrogens (primary N) is 1. The quantitative estimate of drug-likeness (QED) is 0.885. The number of nitrogens with one attached hydrogen (secondary N) is 1. The number of anilines is 2. The van der Waals surface area contributed by atoms with Gasteiger partial charge >= 0.3 is 0 Å². The molecule has 0 radical (unpaired) electrons. The van der Waals surface area contributed by atoms with E-state index in [0.29, 0.717) is 17.9 Å². The number of carbonyl (C=O) groups excluding carboxylic acids is 1. The van der Waals surface area contributed by atoms with Gasteiger partial charge in [-0.15, -0.1) is 0 Å². The standard InChI is InChI=1S/C14H14FN3O/c15-11-3-1-2-10(8-11)4-7-14(19)18-13-6-5-12(16)9-17-13/h1-3,5-6,8-9H,4,7,16H2,(H,17,18,19).